The van der Waals surface area contributed by atoms with Gasteiger partial charge in [-0.3, -0.25) is 0 Å². The number of hydrogen-bond acceptors (Lipinski definition) is 3. The van der Waals surface area contributed by atoms with Gasteiger partial charge in [0.1, 0.15) is 11.9 Å². The van der Waals surface area contributed by atoms with Crippen molar-refractivity contribution < 1.29 is 4.74 Å². The predicted molar refractivity (Wildman–Crippen MR) is 98.8 cm³/mol. The molecule has 1 aliphatic rings. The van der Waals surface area contributed by atoms with Gasteiger partial charge in [0.25, 0.3) is 0 Å². The molecule has 1 heterocycles. The SMILES string of the molecule is CC(Oc1cccc(Cl)c1)C1CC(C(C)(C)N)CCN1.Cl.Cl. The van der Waals surface area contributed by atoms with Gasteiger partial charge in [0.05, 0.1) is 0 Å². The lowest BCUT2D eigenvalue weighted by Crippen LogP contribution is -2.53. The smallest absolute Gasteiger partial charge is 0.121 e. The molecule has 1 fully saturated rings. The Labute approximate surface area is 151 Å². The van der Waals surface area contributed by atoms with Crippen molar-refractivity contribution in [1.29, 1.82) is 0 Å². The van der Waals surface area contributed by atoms with E-state index in [-0.39, 0.29) is 36.5 Å². The number of ether oxygens (including phenoxy) is 1. The number of nitrogens with one attached hydrogen (secondary N) is 1. The summed E-state index contributed by atoms with van der Waals surface area (Å²) in [5.74, 6) is 1.35. The second kappa shape index (κ2) is 9.19. The fourth-order valence-electron chi connectivity index (χ4n) is 2.82. The highest BCUT2D eigenvalue weighted by Gasteiger charge is 2.33. The van der Waals surface area contributed by atoms with Crippen LogP contribution in [0.15, 0.2) is 24.3 Å². The summed E-state index contributed by atoms with van der Waals surface area (Å²) >= 11 is 5.98. The quantitative estimate of drug-likeness (QED) is 0.841. The fourth-order valence-corrected chi connectivity index (χ4v) is 3.00. The number of piperidine rings is 1. The maximum atomic E-state index is 6.26. The molecule has 0 aliphatic carbocycles. The van der Waals surface area contributed by atoms with Gasteiger partial charge in [-0.05, 0) is 64.3 Å². The van der Waals surface area contributed by atoms with Crippen molar-refractivity contribution in [2.45, 2.75) is 51.3 Å². The molecule has 2 rings (SSSR count). The lowest BCUT2D eigenvalue weighted by Gasteiger charge is -2.40. The van der Waals surface area contributed by atoms with Crippen LogP contribution in [0.2, 0.25) is 5.02 Å². The molecule has 3 atom stereocenters. The van der Waals surface area contributed by atoms with E-state index in [0.717, 1.165) is 25.1 Å². The molecule has 6 heteroatoms. The average molecular weight is 370 g/mol. The summed E-state index contributed by atoms with van der Waals surface area (Å²) in [4.78, 5) is 0. The minimum atomic E-state index is -0.129. The summed E-state index contributed by atoms with van der Waals surface area (Å²) in [7, 11) is 0. The Morgan fingerprint density at radius 3 is 2.64 bits per heavy atom. The Morgan fingerprint density at radius 1 is 1.36 bits per heavy atom. The Morgan fingerprint density at radius 2 is 2.05 bits per heavy atom. The van der Waals surface area contributed by atoms with Crippen molar-refractivity contribution >= 4 is 36.4 Å². The van der Waals surface area contributed by atoms with E-state index in [1.54, 1.807) is 0 Å². The molecule has 1 aromatic rings. The van der Waals surface area contributed by atoms with E-state index < -0.39 is 0 Å². The molecule has 0 aromatic heterocycles. The van der Waals surface area contributed by atoms with Crippen LogP contribution in [-0.4, -0.2) is 24.2 Å². The molecule has 3 nitrogen and oxygen atoms in total. The van der Waals surface area contributed by atoms with Crippen molar-refractivity contribution in [1.82, 2.24) is 5.32 Å². The van der Waals surface area contributed by atoms with Crippen molar-refractivity contribution in [3.63, 3.8) is 0 Å². The van der Waals surface area contributed by atoms with E-state index in [9.17, 15) is 0 Å². The Bertz CT molecular complexity index is 451. The zero-order valence-electron chi connectivity index (χ0n) is 13.3. The Balaban J connectivity index is 0.00000220. The third kappa shape index (κ3) is 6.13. The molecule has 128 valence electrons. The number of rotatable bonds is 4. The van der Waals surface area contributed by atoms with Crippen molar-refractivity contribution in [2.75, 3.05) is 6.54 Å². The van der Waals surface area contributed by atoms with Gasteiger partial charge in [-0.1, -0.05) is 17.7 Å². The zero-order chi connectivity index (χ0) is 14.8. The zero-order valence-corrected chi connectivity index (χ0v) is 15.7. The lowest BCUT2D eigenvalue weighted by atomic mass is 9.78. The first-order chi connectivity index (χ1) is 9.36. The van der Waals surface area contributed by atoms with E-state index in [1.165, 1.54) is 0 Å². The first-order valence-corrected chi connectivity index (χ1v) is 7.68. The summed E-state index contributed by atoms with van der Waals surface area (Å²) in [5.41, 5.74) is 6.13. The summed E-state index contributed by atoms with van der Waals surface area (Å²) in [6.07, 6.45) is 2.27. The first-order valence-electron chi connectivity index (χ1n) is 7.31. The van der Waals surface area contributed by atoms with Crippen LogP contribution in [0.3, 0.4) is 0 Å². The molecule has 1 aromatic carbocycles. The van der Waals surface area contributed by atoms with Crippen LogP contribution in [-0.2, 0) is 0 Å². The molecule has 0 saturated carbocycles. The summed E-state index contributed by atoms with van der Waals surface area (Å²) in [5, 5.41) is 4.24. The summed E-state index contributed by atoms with van der Waals surface area (Å²) in [6.45, 7) is 7.33. The normalized spacial score (nSPS) is 23.0. The van der Waals surface area contributed by atoms with Crippen LogP contribution in [0.5, 0.6) is 5.75 Å². The third-order valence-corrected chi connectivity index (χ3v) is 4.41. The number of halogens is 3. The van der Waals surface area contributed by atoms with E-state index in [4.69, 9.17) is 22.1 Å². The van der Waals surface area contributed by atoms with Gasteiger partial charge in [0.2, 0.25) is 0 Å². The molecule has 3 N–H and O–H groups in total. The standard InChI is InChI=1S/C16H25ClN2O.2ClH/c1-11(20-14-6-4-5-13(17)10-14)15-9-12(7-8-19-15)16(2,3)18;;/h4-6,10-12,15,19H,7-9,18H2,1-3H3;2*1H. The maximum Gasteiger partial charge on any atom is 0.121 e. The predicted octanol–water partition coefficient (Wildman–Crippen LogP) is 4.06. The van der Waals surface area contributed by atoms with Crippen LogP contribution in [0.1, 0.15) is 33.6 Å². The van der Waals surface area contributed by atoms with E-state index in [2.05, 4.69) is 26.1 Å². The molecule has 0 spiro atoms. The van der Waals surface area contributed by atoms with E-state index in [1.807, 2.05) is 24.3 Å². The van der Waals surface area contributed by atoms with Crippen LogP contribution in [0.4, 0.5) is 0 Å². The second-order valence-electron chi connectivity index (χ2n) is 6.38. The number of nitrogens with two attached hydrogens (primary N) is 1. The van der Waals surface area contributed by atoms with Crippen molar-refractivity contribution in [3.8, 4) is 5.75 Å². The molecular weight excluding hydrogens is 343 g/mol. The minimum absolute atomic E-state index is 0. The van der Waals surface area contributed by atoms with Gasteiger partial charge in [-0.25, -0.2) is 0 Å². The second-order valence-corrected chi connectivity index (χ2v) is 6.82. The highest BCUT2D eigenvalue weighted by atomic mass is 35.5. The Hall–Kier alpha value is -0.190. The summed E-state index contributed by atoms with van der Waals surface area (Å²) < 4.78 is 6.01. The van der Waals surface area contributed by atoms with Crippen LogP contribution in [0, 0.1) is 5.92 Å². The molecule has 1 saturated heterocycles. The molecule has 22 heavy (non-hydrogen) atoms. The molecule has 3 unspecified atom stereocenters. The van der Waals surface area contributed by atoms with Gasteiger partial charge < -0.3 is 15.8 Å². The minimum Gasteiger partial charge on any atom is -0.489 e. The Kier molecular flexibility index (Phi) is 9.11. The van der Waals surface area contributed by atoms with Gasteiger partial charge in [-0.2, -0.15) is 0 Å². The number of hydrogen-bond donors (Lipinski definition) is 2. The average Bonchev–Trinajstić information content (AvgIpc) is 2.38. The molecular formula is C16H27Cl3N2O. The molecule has 0 amide bonds. The first kappa shape index (κ1) is 21.8. The van der Waals surface area contributed by atoms with Crippen LogP contribution < -0.4 is 15.8 Å². The van der Waals surface area contributed by atoms with E-state index >= 15 is 0 Å². The van der Waals surface area contributed by atoms with E-state index in [0.29, 0.717) is 17.0 Å². The lowest BCUT2D eigenvalue weighted by molar-refractivity contribution is 0.114. The fraction of sp³-hybridized carbons (Fsp3) is 0.625. The van der Waals surface area contributed by atoms with Gasteiger partial charge in [-0.15, -0.1) is 24.8 Å². The molecule has 1 aliphatic heterocycles. The molecule has 0 bridgehead atoms. The monoisotopic (exact) mass is 368 g/mol. The van der Waals surface area contributed by atoms with Gasteiger partial charge in [0.15, 0.2) is 0 Å². The maximum absolute atomic E-state index is 6.26. The molecule has 0 radical (unpaired) electrons. The number of benzene rings is 1. The van der Waals surface area contributed by atoms with Crippen molar-refractivity contribution in [3.05, 3.63) is 29.3 Å². The highest BCUT2D eigenvalue weighted by molar-refractivity contribution is 6.30. The largest absolute Gasteiger partial charge is 0.489 e. The van der Waals surface area contributed by atoms with Gasteiger partial charge in [0, 0.05) is 16.6 Å². The van der Waals surface area contributed by atoms with Crippen LogP contribution in [0.25, 0.3) is 0 Å². The highest BCUT2D eigenvalue weighted by Crippen LogP contribution is 2.28. The van der Waals surface area contributed by atoms with Crippen molar-refractivity contribution in [2.24, 2.45) is 11.7 Å². The third-order valence-electron chi connectivity index (χ3n) is 4.17. The van der Waals surface area contributed by atoms with Gasteiger partial charge >= 0.3 is 0 Å². The summed E-state index contributed by atoms with van der Waals surface area (Å²) in [6, 6.07) is 7.88. The van der Waals surface area contributed by atoms with Crippen LogP contribution >= 0.6 is 36.4 Å². The topological polar surface area (TPSA) is 47.3 Å².